The predicted octanol–water partition coefficient (Wildman–Crippen LogP) is 3.50. The summed E-state index contributed by atoms with van der Waals surface area (Å²) in [6.45, 7) is 3.50. The van der Waals surface area contributed by atoms with Crippen LogP contribution in [0.25, 0.3) is 0 Å². The van der Waals surface area contributed by atoms with Crippen molar-refractivity contribution in [2.45, 2.75) is 43.8 Å². The first-order chi connectivity index (χ1) is 11.3. The summed E-state index contributed by atoms with van der Waals surface area (Å²) in [5.41, 5.74) is -1.01. The summed E-state index contributed by atoms with van der Waals surface area (Å²) in [7, 11) is 0. The summed E-state index contributed by atoms with van der Waals surface area (Å²) in [6, 6.07) is 1.17. The van der Waals surface area contributed by atoms with Crippen LogP contribution in [0.4, 0.5) is 13.2 Å². The van der Waals surface area contributed by atoms with Crippen molar-refractivity contribution in [1.82, 2.24) is 10.6 Å². The molecule has 1 aromatic rings. The monoisotopic (exact) mass is 360 g/mol. The number of thiophene rings is 1. The van der Waals surface area contributed by atoms with Gasteiger partial charge in [-0.3, -0.25) is 9.59 Å². The number of amides is 2. The Morgan fingerprint density at radius 1 is 1.29 bits per heavy atom. The first kappa shape index (κ1) is 18.5. The van der Waals surface area contributed by atoms with E-state index in [0.29, 0.717) is 24.2 Å². The normalized spacial score (nSPS) is 17.1. The molecule has 8 heteroatoms. The predicted molar refractivity (Wildman–Crippen MR) is 85.8 cm³/mol. The zero-order chi connectivity index (χ0) is 17.8. The van der Waals surface area contributed by atoms with Gasteiger partial charge in [-0.1, -0.05) is 25.8 Å². The number of rotatable bonds is 5. The second-order valence-electron chi connectivity index (χ2n) is 5.88. The van der Waals surface area contributed by atoms with Crippen LogP contribution < -0.4 is 10.6 Å². The first-order valence-electron chi connectivity index (χ1n) is 7.65. The Hall–Kier alpha value is -1.83. The van der Waals surface area contributed by atoms with E-state index in [4.69, 9.17) is 0 Å². The average Bonchev–Trinajstić information content (AvgIpc) is 3.03. The standard InChI is InChI=1S/C16H19F3N2O2S/c1-2-12(22)21-15(7-4-3-5-8-15)10-20-14(23)11-6-9-24-13(11)16(17,18)19/h2,6,9H,1,3-5,7-8,10H2,(H,20,23)(H,21,22). The Balaban J connectivity index is 2.09. The Kier molecular flexibility index (Phi) is 5.69. The van der Waals surface area contributed by atoms with E-state index in [2.05, 4.69) is 17.2 Å². The molecule has 0 bridgehead atoms. The fourth-order valence-electron chi connectivity index (χ4n) is 2.94. The van der Waals surface area contributed by atoms with Crippen molar-refractivity contribution >= 4 is 23.2 Å². The molecule has 1 aliphatic rings. The highest BCUT2D eigenvalue weighted by atomic mass is 32.1. The van der Waals surface area contributed by atoms with Crippen molar-refractivity contribution in [2.75, 3.05) is 6.54 Å². The van der Waals surface area contributed by atoms with E-state index in [0.717, 1.165) is 25.3 Å². The van der Waals surface area contributed by atoms with Crippen LogP contribution in [0.5, 0.6) is 0 Å². The van der Waals surface area contributed by atoms with Crippen molar-refractivity contribution in [3.8, 4) is 0 Å². The van der Waals surface area contributed by atoms with Crippen LogP contribution in [0.15, 0.2) is 24.1 Å². The summed E-state index contributed by atoms with van der Waals surface area (Å²) in [5, 5.41) is 6.64. The third-order valence-corrected chi connectivity index (χ3v) is 5.10. The highest BCUT2D eigenvalue weighted by molar-refractivity contribution is 7.10. The molecule has 1 heterocycles. The van der Waals surface area contributed by atoms with Gasteiger partial charge in [0.25, 0.3) is 5.91 Å². The van der Waals surface area contributed by atoms with Gasteiger partial charge in [0.2, 0.25) is 5.91 Å². The SMILES string of the molecule is C=CC(=O)NC1(CNC(=O)c2ccsc2C(F)(F)F)CCCCC1. The molecule has 1 fully saturated rings. The summed E-state index contributed by atoms with van der Waals surface area (Å²) in [5.74, 6) is -1.13. The van der Waals surface area contributed by atoms with E-state index in [9.17, 15) is 22.8 Å². The lowest BCUT2D eigenvalue weighted by Crippen LogP contribution is -2.56. The topological polar surface area (TPSA) is 58.2 Å². The van der Waals surface area contributed by atoms with E-state index in [1.165, 1.54) is 11.4 Å². The fourth-order valence-corrected chi connectivity index (χ4v) is 3.70. The fraction of sp³-hybridized carbons (Fsp3) is 0.500. The van der Waals surface area contributed by atoms with Crippen molar-refractivity contribution in [2.24, 2.45) is 0 Å². The Morgan fingerprint density at radius 2 is 1.96 bits per heavy atom. The van der Waals surface area contributed by atoms with Gasteiger partial charge < -0.3 is 10.6 Å². The van der Waals surface area contributed by atoms with E-state index in [1.807, 2.05) is 0 Å². The van der Waals surface area contributed by atoms with Crippen LogP contribution in [0, 0.1) is 0 Å². The first-order valence-corrected chi connectivity index (χ1v) is 8.53. The molecule has 24 heavy (non-hydrogen) atoms. The van der Waals surface area contributed by atoms with Crippen LogP contribution >= 0.6 is 11.3 Å². The van der Waals surface area contributed by atoms with Gasteiger partial charge in [-0.2, -0.15) is 13.2 Å². The Labute approximate surface area is 142 Å². The molecule has 0 saturated heterocycles. The molecule has 0 atom stereocenters. The van der Waals surface area contributed by atoms with E-state index in [-0.39, 0.29) is 18.0 Å². The maximum atomic E-state index is 12.9. The summed E-state index contributed by atoms with van der Waals surface area (Å²) in [6.07, 6.45) is 0.742. The second-order valence-corrected chi connectivity index (χ2v) is 6.79. The molecule has 0 radical (unpaired) electrons. The van der Waals surface area contributed by atoms with Crippen LogP contribution in [-0.4, -0.2) is 23.9 Å². The minimum Gasteiger partial charge on any atom is -0.350 e. The number of halogens is 3. The molecule has 2 amide bonds. The maximum Gasteiger partial charge on any atom is 0.426 e. The number of hydrogen-bond donors (Lipinski definition) is 2. The molecule has 0 aliphatic heterocycles. The number of alkyl halides is 3. The molecule has 0 unspecified atom stereocenters. The third kappa shape index (κ3) is 4.37. The van der Waals surface area contributed by atoms with Gasteiger partial charge in [0, 0.05) is 6.54 Å². The van der Waals surface area contributed by atoms with Crippen LogP contribution in [0.2, 0.25) is 0 Å². The van der Waals surface area contributed by atoms with E-state index >= 15 is 0 Å². The van der Waals surface area contributed by atoms with Crippen LogP contribution in [-0.2, 0) is 11.0 Å². The lowest BCUT2D eigenvalue weighted by molar-refractivity contribution is -0.134. The maximum absolute atomic E-state index is 12.9. The smallest absolute Gasteiger partial charge is 0.350 e. The van der Waals surface area contributed by atoms with Crippen molar-refractivity contribution in [1.29, 1.82) is 0 Å². The van der Waals surface area contributed by atoms with Crippen molar-refractivity contribution < 1.29 is 22.8 Å². The van der Waals surface area contributed by atoms with E-state index < -0.39 is 22.5 Å². The summed E-state index contributed by atoms with van der Waals surface area (Å²) >= 11 is 0.491. The third-order valence-electron chi connectivity index (χ3n) is 4.14. The molecule has 1 aliphatic carbocycles. The van der Waals surface area contributed by atoms with Gasteiger partial charge in [-0.05, 0) is 30.4 Å². The molecule has 1 saturated carbocycles. The van der Waals surface area contributed by atoms with Crippen molar-refractivity contribution in [3.05, 3.63) is 34.5 Å². The highest BCUT2D eigenvalue weighted by Gasteiger charge is 2.38. The lowest BCUT2D eigenvalue weighted by Gasteiger charge is -2.38. The zero-order valence-corrected chi connectivity index (χ0v) is 13.9. The molecular formula is C16H19F3N2O2S. The largest absolute Gasteiger partial charge is 0.426 e. The molecular weight excluding hydrogens is 341 g/mol. The number of carbonyl (C=O) groups excluding carboxylic acids is 2. The average molecular weight is 360 g/mol. The Bertz CT molecular complexity index is 619. The number of carbonyl (C=O) groups is 2. The molecule has 4 nitrogen and oxygen atoms in total. The van der Waals surface area contributed by atoms with Gasteiger partial charge in [0.15, 0.2) is 0 Å². The number of hydrogen-bond acceptors (Lipinski definition) is 3. The van der Waals surface area contributed by atoms with Gasteiger partial charge in [-0.15, -0.1) is 11.3 Å². The summed E-state index contributed by atoms with van der Waals surface area (Å²) in [4.78, 5) is 22.9. The molecule has 0 spiro atoms. The van der Waals surface area contributed by atoms with Gasteiger partial charge >= 0.3 is 6.18 Å². The molecule has 2 N–H and O–H groups in total. The van der Waals surface area contributed by atoms with Gasteiger partial charge in [0.05, 0.1) is 11.1 Å². The van der Waals surface area contributed by atoms with Crippen molar-refractivity contribution in [3.63, 3.8) is 0 Å². The molecule has 1 aromatic heterocycles. The van der Waals surface area contributed by atoms with Gasteiger partial charge in [-0.25, -0.2) is 0 Å². The molecule has 0 aromatic carbocycles. The second kappa shape index (κ2) is 7.38. The lowest BCUT2D eigenvalue weighted by atomic mass is 9.81. The van der Waals surface area contributed by atoms with Crippen LogP contribution in [0.3, 0.4) is 0 Å². The van der Waals surface area contributed by atoms with Crippen LogP contribution in [0.1, 0.15) is 47.3 Å². The summed E-state index contributed by atoms with van der Waals surface area (Å²) < 4.78 is 38.7. The minimum absolute atomic E-state index is 0.0958. The number of nitrogens with one attached hydrogen (secondary N) is 2. The zero-order valence-electron chi connectivity index (χ0n) is 13.0. The molecule has 132 valence electrons. The quantitative estimate of drug-likeness (QED) is 0.790. The Morgan fingerprint density at radius 3 is 2.54 bits per heavy atom. The van der Waals surface area contributed by atoms with E-state index in [1.54, 1.807) is 0 Å². The molecule has 2 rings (SSSR count). The minimum atomic E-state index is -4.56. The highest BCUT2D eigenvalue weighted by Crippen LogP contribution is 2.36. The van der Waals surface area contributed by atoms with Gasteiger partial charge in [0.1, 0.15) is 4.88 Å².